The van der Waals surface area contributed by atoms with E-state index >= 15 is 0 Å². The molecule has 0 heterocycles. The first-order chi connectivity index (χ1) is 6.24. The Morgan fingerprint density at radius 1 is 1.31 bits per heavy atom. The van der Waals surface area contributed by atoms with E-state index in [2.05, 4.69) is 11.9 Å². The molecule has 13 heavy (non-hydrogen) atoms. The van der Waals surface area contributed by atoms with Crippen molar-refractivity contribution >= 4 is 11.7 Å². The fourth-order valence-corrected chi connectivity index (χ4v) is 0.941. The van der Waals surface area contributed by atoms with E-state index in [9.17, 15) is 4.79 Å². The summed E-state index contributed by atoms with van der Waals surface area (Å²) in [5.74, 6) is -0.167. The van der Waals surface area contributed by atoms with Crippen molar-refractivity contribution in [2.75, 3.05) is 13.2 Å². The number of nitrogens with zero attached hydrogens (tertiary/aromatic N) is 1. The summed E-state index contributed by atoms with van der Waals surface area (Å²) in [5.41, 5.74) is 0.945. The quantitative estimate of drug-likeness (QED) is 0.470. The maximum atomic E-state index is 11.1. The summed E-state index contributed by atoms with van der Waals surface area (Å²) >= 11 is 0. The lowest BCUT2D eigenvalue weighted by atomic mass is 10.2. The third-order valence-corrected chi connectivity index (χ3v) is 1.62. The molecule has 0 spiro atoms. The number of aliphatic imine (C=N–C) groups is 1. The molecule has 0 bridgehead atoms. The average Bonchev–Trinajstić information content (AvgIpc) is 2.12. The summed E-state index contributed by atoms with van der Waals surface area (Å²) in [6.07, 6.45) is 2.20. The highest BCUT2D eigenvalue weighted by Crippen LogP contribution is 1.97. The minimum absolute atomic E-state index is 0.167. The molecule has 76 valence electrons. The van der Waals surface area contributed by atoms with E-state index in [1.807, 2.05) is 13.8 Å². The van der Waals surface area contributed by atoms with Gasteiger partial charge in [0.2, 0.25) is 0 Å². The number of esters is 1. The van der Waals surface area contributed by atoms with Crippen LogP contribution < -0.4 is 0 Å². The molecule has 0 atom stereocenters. The van der Waals surface area contributed by atoms with E-state index in [0.29, 0.717) is 13.0 Å². The van der Waals surface area contributed by atoms with Gasteiger partial charge in [0.15, 0.2) is 0 Å². The van der Waals surface area contributed by atoms with E-state index in [1.54, 1.807) is 0 Å². The van der Waals surface area contributed by atoms with Crippen molar-refractivity contribution in [3.63, 3.8) is 0 Å². The highest BCUT2D eigenvalue weighted by Gasteiger charge is 2.05. The number of hydrogen-bond acceptors (Lipinski definition) is 3. The molecule has 0 saturated heterocycles. The van der Waals surface area contributed by atoms with E-state index in [1.165, 1.54) is 0 Å². The van der Waals surface area contributed by atoms with Crippen molar-refractivity contribution in [2.24, 2.45) is 4.99 Å². The Morgan fingerprint density at radius 2 is 2.00 bits per heavy atom. The van der Waals surface area contributed by atoms with Gasteiger partial charge in [-0.05, 0) is 19.8 Å². The van der Waals surface area contributed by atoms with Crippen LogP contribution in [0.25, 0.3) is 0 Å². The van der Waals surface area contributed by atoms with Crippen molar-refractivity contribution in [2.45, 2.75) is 40.0 Å². The first-order valence-corrected chi connectivity index (χ1v) is 4.92. The Kier molecular flexibility index (Phi) is 7.26. The lowest BCUT2D eigenvalue weighted by molar-refractivity contribution is -0.141. The second kappa shape index (κ2) is 7.77. The fraction of sp³-hybridized carbons (Fsp3) is 0.800. The van der Waals surface area contributed by atoms with Crippen molar-refractivity contribution in [3.8, 4) is 0 Å². The molecule has 0 rings (SSSR count). The zero-order chi connectivity index (χ0) is 10.1. The molecule has 0 aromatic heterocycles. The standard InChI is InChI=1S/C10H19NO2/c1-4-7-11-9(5-2)8-10(12)13-6-3/h4-8H2,1-3H3/b11-9+. The zero-order valence-electron chi connectivity index (χ0n) is 8.80. The number of rotatable bonds is 6. The van der Waals surface area contributed by atoms with Gasteiger partial charge in [0.05, 0.1) is 13.0 Å². The van der Waals surface area contributed by atoms with Crippen molar-refractivity contribution in [1.82, 2.24) is 0 Å². The summed E-state index contributed by atoms with van der Waals surface area (Å²) in [6.45, 7) is 7.15. The van der Waals surface area contributed by atoms with Crippen LogP contribution in [0.15, 0.2) is 4.99 Å². The van der Waals surface area contributed by atoms with E-state index in [4.69, 9.17) is 4.74 Å². The third-order valence-electron chi connectivity index (χ3n) is 1.62. The maximum absolute atomic E-state index is 11.1. The Hall–Kier alpha value is -0.860. The van der Waals surface area contributed by atoms with Crippen LogP contribution >= 0.6 is 0 Å². The molecule has 0 fully saturated rings. The van der Waals surface area contributed by atoms with Gasteiger partial charge in [-0.2, -0.15) is 0 Å². The number of carbonyl (C=O) groups excluding carboxylic acids is 1. The third kappa shape index (κ3) is 6.31. The maximum Gasteiger partial charge on any atom is 0.311 e. The molecule has 0 aromatic carbocycles. The van der Waals surface area contributed by atoms with Gasteiger partial charge in [0.25, 0.3) is 0 Å². The van der Waals surface area contributed by atoms with Crippen LogP contribution in [-0.4, -0.2) is 24.8 Å². The summed E-state index contributed by atoms with van der Waals surface area (Å²) in [6, 6.07) is 0. The Labute approximate surface area is 80.2 Å². The van der Waals surface area contributed by atoms with Gasteiger partial charge in [-0.15, -0.1) is 0 Å². The monoisotopic (exact) mass is 185 g/mol. The van der Waals surface area contributed by atoms with Crippen LogP contribution in [0.4, 0.5) is 0 Å². The molecule has 0 N–H and O–H groups in total. The smallest absolute Gasteiger partial charge is 0.311 e. The second-order valence-electron chi connectivity index (χ2n) is 2.78. The minimum atomic E-state index is -0.167. The van der Waals surface area contributed by atoms with Gasteiger partial charge in [-0.1, -0.05) is 13.8 Å². The molecular formula is C10H19NO2. The van der Waals surface area contributed by atoms with Crippen molar-refractivity contribution in [1.29, 1.82) is 0 Å². The van der Waals surface area contributed by atoms with Gasteiger partial charge in [0, 0.05) is 12.3 Å². The summed E-state index contributed by atoms with van der Waals surface area (Å²) in [5, 5.41) is 0. The van der Waals surface area contributed by atoms with Crippen molar-refractivity contribution in [3.05, 3.63) is 0 Å². The molecule has 0 aliphatic carbocycles. The van der Waals surface area contributed by atoms with E-state index < -0.39 is 0 Å². The van der Waals surface area contributed by atoms with Crippen LogP contribution in [0.5, 0.6) is 0 Å². The first kappa shape index (κ1) is 12.1. The van der Waals surface area contributed by atoms with Gasteiger partial charge < -0.3 is 4.74 Å². The van der Waals surface area contributed by atoms with Gasteiger partial charge in [-0.3, -0.25) is 9.79 Å². The summed E-state index contributed by atoms with van der Waals surface area (Å²) in [4.78, 5) is 15.4. The lowest BCUT2D eigenvalue weighted by Gasteiger charge is -2.03. The van der Waals surface area contributed by atoms with Crippen LogP contribution in [0, 0.1) is 0 Å². The lowest BCUT2D eigenvalue weighted by Crippen LogP contribution is -2.11. The molecule has 0 aromatic rings. The van der Waals surface area contributed by atoms with Crippen molar-refractivity contribution < 1.29 is 9.53 Å². The molecule has 3 nitrogen and oxygen atoms in total. The van der Waals surface area contributed by atoms with Gasteiger partial charge >= 0.3 is 5.97 Å². The Morgan fingerprint density at radius 3 is 2.46 bits per heavy atom. The Bertz CT molecular complexity index is 176. The zero-order valence-corrected chi connectivity index (χ0v) is 8.80. The van der Waals surface area contributed by atoms with Crippen LogP contribution in [0.3, 0.4) is 0 Å². The predicted octanol–water partition coefficient (Wildman–Crippen LogP) is 2.20. The fourth-order valence-electron chi connectivity index (χ4n) is 0.941. The largest absolute Gasteiger partial charge is 0.466 e. The van der Waals surface area contributed by atoms with Gasteiger partial charge in [0.1, 0.15) is 0 Å². The molecule has 0 amide bonds. The molecule has 0 saturated carbocycles. The molecule has 0 radical (unpaired) electrons. The molecule has 0 unspecified atom stereocenters. The van der Waals surface area contributed by atoms with Crippen LogP contribution in [0.1, 0.15) is 40.0 Å². The topological polar surface area (TPSA) is 38.7 Å². The predicted molar refractivity (Wildman–Crippen MR) is 54.1 cm³/mol. The summed E-state index contributed by atoms with van der Waals surface area (Å²) < 4.78 is 4.83. The Balaban J connectivity index is 3.89. The van der Waals surface area contributed by atoms with Crippen LogP contribution in [-0.2, 0) is 9.53 Å². The second-order valence-corrected chi connectivity index (χ2v) is 2.78. The first-order valence-electron chi connectivity index (χ1n) is 4.92. The number of carbonyl (C=O) groups is 1. The number of hydrogen-bond donors (Lipinski definition) is 0. The van der Waals surface area contributed by atoms with E-state index in [-0.39, 0.29) is 5.97 Å². The minimum Gasteiger partial charge on any atom is -0.466 e. The summed E-state index contributed by atoms with van der Waals surface area (Å²) in [7, 11) is 0. The van der Waals surface area contributed by atoms with Crippen LogP contribution in [0.2, 0.25) is 0 Å². The highest BCUT2D eigenvalue weighted by molar-refractivity contribution is 5.98. The number of ether oxygens (including phenoxy) is 1. The molecule has 3 heteroatoms. The molecule has 0 aliphatic rings. The SMILES string of the molecule is CCC/N=C(\CC)CC(=O)OCC. The van der Waals surface area contributed by atoms with E-state index in [0.717, 1.165) is 25.1 Å². The molecule has 0 aliphatic heterocycles. The average molecular weight is 185 g/mol. The van der Waals surface area contributed by atoms with Gasteiger partial charge in [-0.25, -0.2) is 0 Å². The normalized spacial score (nSPS) is 11.5. The highest BCUT2D eigenvalue weighted by atomic mass is 16.5. The molecular weight excluding hydrogens is 166 g/mol.